The Morgan fingerprint density at radius 1 is 1.06 bits per heavy atom. The maximum Gasteiger partial charge on any atom is 0.0459 e. The van der Waals surface area contributed by atoms with Crippen molar-refractivity contribution in [3.63, 3.8) is 0 Å². The van der Waals surface area contributed by atoms with E-state index in [4.69, 9.17) is 0 Å². The molecule has 3 rings (SSSR count). The summed E-state index contributed by atoms with van der Waals surface area (Å²) in [6.45, 7) is 2.15. The molecule has 0 aliphatic carbocycles. The first-order valence-corrected chi connectivity index (χ1v) is 6.84. The van der Waals surface area contributed by atoms with Crippen molar-refractivity contribution in [2.24, 2.45) is 0 Å². The predicted molar refractivity (Wildman–Crippen MR) is 80.0 cm³/mol. The van der Waals surface area contributed by atoms with Gasteiger partial charge >= 0.3 is 0 Å². The number of nitrogens with one attached hydrogen (secondary N) is 1. The molecule has 1 aromatic heterocycles. The standard InChI is InChI=1S/C16H14BrN/c1-11-14(9-12-5-3-2-4-6-12)15-10-13(17)7-8-16(15)18-11/h2-8,10,18H,9H2,1H3. The van der Waals surface area contributed by atoms with Crippen LogP contribution in [0.4, 0.5) is 0 Å². The molecule has 0 saturated heterocycles. The molecule has 3 aromatic rings. The smallest absolute Gasteiger partial charge is 0.0459 e. The molecule has 0 bridgehead atoms. The Kier molecular flexibility index (Phi) is 2.96. The lowest BCUT2D eigenvalue weighted by atomic mass is 10.0. The summed E-state index contributed by atoms with van der Waals surface area (Å²) in [6, 6.07) is 17.0. The second kappa shape index (κ2) is 4.62. The summed E-state index contributed by atoms with van der Waals surface area (Å²) in [5, 5.41) is 1.31. The van der Waals surface area contributed by atoms with E-state index in [2.05, 4.69) is 76.4 Å². The predicted octanol–water partition coefficient (Wildman–Crippen LogP) is 4.83. The van der Waals surface area contributed by atoms with E-state index in [1.807, 2.05) is 0 Å². The van der Waals surface area contributed by atoms with Crippen molar-refractivity contribution in [1.29, 1.82) is 0 Å². The number of hydrogen-bond donors (Lipinski definition) is 1. The summed E-state index contributed by atoms with van der Waals surface area (Å²) in [5.74, 6) is 0. The number of H-pyrrole nitrogens is 1. The van der Waals surface area contributed by atoms with Crippen LogP contribution in [0.25, 0.3) is 10.9 Å². The summed E-state index contributed by atoms with van der Waals surface area (Å²) < 4.78 is 1.13. The first-order chi connectivity index (χ1) is 8.74. The second-order valence-electron chi connectivity index (χ2n) is 4.58. The third-order valence-corrected chi connectivity index (χ3v) is 3.80. The number of benzene rings is 2. The highest BCUT2D eigenvalue weighted by molar-refractivity contribution is 9.10. The van der Waals surface area contributed by atoms with Crippen LogP contribution in [0.1, 0.15) is 16.8 Å². The Morgan fingerprint density at radius 3 is 2.61 bits per heavy atom. The minimum atomic E-state index is 0.975. The average molecular weight is 300 g/mol. The molecule has 2 aromatic carbocycles. The number of hydrogen-bond acceptors (Lipinski definition) is 0. The van der Waals surface area contributed by atoms with Gasteiger partial charge in [-0.05, 0) is 42.7 Å². The van der Waals surface area contributed by atoms with Crippen LogP contribution in [0.2, 0.25) is 0 Å². The number of halogens is 1. The minimum Gasteiger partial charge on any atom is -0.358 e. The van der Waals surface area contributed by atoms with Gasteiger partial charge in [0.25, 0.3) is 0 Å². The molecule has 0 spiro atoms. The Balaban J connectivity index is 2.11. The zero-order chi connectivity index (χ0) is 12.5. The van der Waals surface area contributed by atoms with Crippen molar-refractivity contribution < 1.29 is 0 Å². The van der Waals surface area contributed by atoms with Gasteiger partial charge < -0.3 is 4.98 Å². The molecule has 0 aliphatic rings. The first kappa shape index (κ1) is 11.5. The van der Waals surface area contributed by atoms with Crippen molar-refractivity contribution >= 4 is 26.8 Å². The molecule has 0 saturated carbocycles. The van der Waals surface area contributed by atoms with Gasteiger partial charge in [0.05, 0.1) is 0 Å². The van der Waals surface area contributed by atoms with Crippen LogP contribution >= 0.6 is 15.9 Å². The van der Waals surface area contributed by atoms with Gasteiger partial charge in [-0.15, -0.1) is 0 Å². The molecule has 0 radical (unpaired) electrons. The van der Waals surface area contributed by atoms with E-state index in [1.54, 1.807) is 0 Å². The second-order valence-corrected chi connectivity index (χ2v) is 5.50. The molecular formula is C16H14BrN. The lowest BCUT2D eigenvalue weighted by Crippen LogP contribution is -1.89. The van der Waals surface area contributed by atoms with Gasteiger partial charge in [0.1, 0.15) is 0 Å². The van der Waals surface area contributed by atoms with Crippen LogP contribution in [0.5, 0.6) is 0 Å². The number of aryl methyl sites for hydroxylation is 1. The summed E-state index contributed by atoms with van der Waals surface area (Å²) in [4.78, 5) is 3.45. The average Bonchev–Trinajstić information content (AvgIpc) is 2.67. The molecule has 0 aliphatic heterocycles. The molecular weight excluding hydrogens is 286 g/mol. The van der Waals surface area contributed by atoms with Crippen LogP contribution in [-0.2, 0) is 6.42 Å². The van der Waals surface area contributed by atoms with Crippen molar-refractivity contribution in [2.45, 2.75) is 13.3 Å². The maximum atomic E-state index is 3.55. The topological polar surface area (TPSA) is 15.8 Å². The van der Waals surface area contributed by atoms with Crippen LogP contribution in [0.3, 0.4) is 0 Å². The van der Waals surface area contributed by atoms with E-state index >= 15 is 0 Å². The quantitative estimate of drug-likeness (QED) is 0.697. The molecule has 1 nitrogen and oxygen atoms in total. The monoisotopic (exact) mass is 299 g/mol. The maximum absolute atomic E-state index is 3.55. The van der Waals surface area contributed by atoms with E-state index in [9.17, 15) is 0 Å². The first-order valence-electron chi connectivity index (χ1n) is 6.04. The molecule has 2 heteroatoms. The number of aromatic nitrogens is 1. The third-order valence-electron chi connectivity index (χ3n) is 3.31. The van der Waals surface area contributed by atoms with E-state index in [0.29, 0.717) is 0 Å². The zero-order valence-electron chi connectivity index (χ0n) is 10.2. The van der Waals surface area contributed by atoms with Gasteiger partial charge in [-0.1, -0.05) is 46.3 Å². The summed E-state index contributed by atoms with van der Waals surface area (Å²) in [5.41, 5.74) is 5.20. The highest BCUT2D eigenvalue weighted by Gasteiger charge is 2.09. The molecule has 0 atom stereocenters. The largest absolute Gasteiger partial charge is 0.358 e. The third kappa shape index (κ3) is 2.08. The van der Waals surface area contributed by atoms with Crippen molar-refractivity contribution in [1.82, 2.24) is 4.98 Å². The van der Waals surface area contributed by atoms with E-state index in [-0.39, 0.29) is 0 Å². The fourth-order valence-electron chi connectivity index (χ4n) is 2.38. The van der Waals surface area contributed by atoms with Gasteiger partial charge in [-0.2, -0.15) is 0 Å². The van der Waals surface area contributed by atoms with Crippen LogP contribution in [-0.4, -0.2) is 4.98 Å². The Labute approximate surface area is 115 Å². The van der Waals surface area contributed by atoms with Gasteiger partial charge in [0.2, 0.25) is 0 Å². The van der Waals surface area contributed by atoms with Crippen LogP contribution < -0.4 is 0 Å². The molecule has 0 fully saturated rings. The molecule has 1 N–H and O–H groups in total. The van der Waals surface area contributed by atoms with Gasteiger partial charge in [-0.3, -0.25) is 0 Å². The Hall–Kier alpha value is -1.54. The molecule has 18 heavy (non-hydrogen) atoms. The molecule has 0 amide bonds. The lowest BCUT2D eigenvalue weighted by Gasteiger charge is -2.02. The van der Waals surface area contributed by atoms with Crippen molar-refractivity contribution in [3.05, 3.63) is 69.8 Å². The minimum absolute atomic E-state index is 0.975. The fraction of sp³-hybridized carbons (Fsp3) is 0.125. The fourth-order valence-corrected chi connectivity index (χ4v) is 2.74. The zero-order valence-corrected chi connectivity index (χ0v) is 11.8. The van der Waals surface area contributed by atoms with Crippen LogP contribution in [0, 0.1) is 6.92 Å². The van der Waals surface area contributed by atoms with Crippen molar-refractivity contribution in [3.8, 4) is 0 Å². The SMILES string of the molecule is Cc1[nH]c2ccc(Br)cc2c1Cc1ccccc1. The van der Waals surface area contributed by atoms with Crippen molar-refractivity contribution in [2.75, 3.05) is 0 Å². The molecule has 1 heterocycles. The van der Waals surface area contributed by atoms with E-state index in [1.165, 1.54) is 27.7 Å². The summed E-state index contributed by atoms with van der Waals surface area (Å²) in [7, 11) is 0. The van der Waals surface area contributed by atoms with E-state index < -0.39 is 0 Å². The number of aromatic amines is 1. The number of rotatable bonds is 2. The highest BCUT2D eigenvalue weighted by Crippen LogP contribution is 2.27. The normalized spacial score (nSPS) is 11.0. The highest BCUT2D eigenvalue weighted by atomic mass is 79.9. The molecule has 0 unspecified atom stereocenters. The number of fused-ring (bicyclic) bond motifs is 1. The van der Waals surface area contributed by atoms with Gasteiger partial charge in [0.15, 0.2) is 0 Å². The van der Waals surface area contributed by atoms with Gasteiger partial charge in [-0.25, -0.2) is 0 Å². The molecule has 90 valence electrons. The Bertz CT molecular complexity index is 683. The van der Waals surface area contributed by atoms with E-state index in [0.717, 1.165) is 10.9 Å². The summed E-state index contributed by atoms with van der Waals surface area (Å²) >= 11 is 3.55. The van der Waals surface area contributed by atoms with Gasteiger partial charge in [0, 0.05) is 21.1 Å². The van der Waals surface area contributed by atoms with Crippen LogP contribution in [0.15, 0.2) is 53.0 Å². The Morgan fingerprint density at radius 2 is 1.83 bits per heavy atom. The summed E-state index contributed by atoms with van der Waals surface area (Å²) in [6.07, 6.45) is 0.975. The lowest BCUT2D eigenvalue weighted by molar-refractivity contribution is 1.15.